The molecule has 0 saturated heterocycles. The molecule has 90 valence electrons. The highest BCUT2D eigenvalue weighted by atomic mass is 16.3. The van der Waals surface area contributed by atoms with Crippen LogP contribution < -0.4 is 5.32 Å². The fourth-order valence-electron chi connectivity index (χ4n) is 2.72. The Morgan fingerprint density at radius 2 is 1.93 bits per heavy atom. The third-order valence-corrected chi connectivity index (χ3v) is 4.10. The number of hydrogen-bond donors (Lipinski definition) is 2. The van der Waals surface area contributed by atoms with Crippen molar-refractivity contribution in [3.05, 3.63) is 0 Å². The first-order chi connectivity index (χ1) is 7.15. The van der Waals surface area contributed by atoms with Gasteiger partial charge in [0, 0.05) is 11.6 Å². The normalized spacial score (nSPS) is 28.0. The van der Waals surface area contributed by atoms with E-state index in [1.807, 2.05) is 0 Å². The topological polar surface area (TPSA) is 32.3 Å². The molecular weight excluding hydrogens is 186 g/mol. The predicted molar refractivity (Wildman–Crippen MR) is 65.0 cm³/mol. The third-order valence-electron chi connectivity index (χ3n) is 4.10. The fourth-order valence-corrected chi connectivity index (χ4v) is 2.72. The lowest BCUT2D eigenvalue weighted by molar-refractivity contribution is 0.122. The zero-order valence-corrected chi connectivity index (χ0v) is 10.6. The molecule has 0 aromatic carbocycles. The molecule has 2 unspecified atom stereocenters. The van der Waals surface area contributed by atoms with Crippen molar-refractivity contribution in [3.8, 4) is 0 Å². The molecule has 0 aromatic heterocycles. The first-order valence-electron chi connectivity index (χ1n) is 6.54. The van der Waals surface area contributed by atoms with Crippen LogP contribution in [0, 0.1) is 5.92 Å². The lowest BCUT2D eigenvalue weighted by Crippen LogP contribution is -2.53. The molecule has 0 amide bonds. The molecule has 1 fully saturated rings. The van der Waals surface area contributed by atoms with Gasteiger partial charge in [-0.3, -0.25) is 0 Å². The van der Waals surface area contributed by atoms with Gasteiger partial charge in [0.05, 0.1) is 6.61 Å². The zero-order valence-electron chi connectivity index (χ0n) is 10.6. The van der Waals surface area contributed by atoms with E-state index in [4.69, 9.17) is 0 Å². The summed E-state index contributed by atoms with van der Waals surface area (Å²) in [4.78, 5) is 0. The SMILES string of the molecule is CCC(CC)(CO)NC1CCCC(C)C1. The molecule has 0 bridgehead atoms. The minimum absolute atomic E-state index is 0.0261. The highest BCUT2D eigenvalue weighted by molar-refractivity contribution is 4.89. The minimum atomic E-state index is -0.0261. The quantitative estimate of drug-likeness (QED) is 0.736. The Labute approximate surface area is 94.5 Å². The zero-order chi connectivity index (χ0) is 11.3. The maximum absolute atomic E-state index is 9.51. The van der Waals surface area contributed by atoms with Crippen LogP contribution in [0.15, 0.2) is 0 Å². The summed E-state index contributed by atoms with van der Waals surface area (Å²) in [6.45, 7) is 6.94. The standard InChI is InChI=1S/C13H27NO/c1-4-13(5-2,10-15)14-12-8-6-7-11(3)9-12/h11-12,14-15H,4-10H2,1-3H3. The molecule has 0 radical (unpaired) electrons. The minimum Gasteiger partial charge on any atom is -0.394 e. The Kier molecular flexibility index (Phi) is 5.07. The molecule has 2 nitrogen and oxygen atoms in total. The van der Waals surface area contributed by atoms with Gasteiger partial charge in [0.2, 0.25) is 0 Å². The summed E-state index contributed by atoms with van der Waals surface area (Å²) in [5, 5.41) is 13.2. The molecule has 0 aliphatic heterocycles. The molecule has 0 aromatic rings. The lowest BCUT2D eigenvalue weighted by Gasteiger charge is -2.38. The van der Waals surface area contributed by atoms with Crippen LogP contribution in [0.4, 0.5) is 0 Å². The molecule has 1 aliphatic rings. The van der Waals surface area contributed by atoms with Crippen molar-refractivity contribution in [2.75, 3.05) is 6.61 Å². The summed E-state index contributed by atoms with van der Waals surface area (Å²) in [5.74, 6) is 0.848. The Hall–Kier alpha value is -0.0800. The molecule has 2 heteroatoms. The number of rotatable bonds is 5. The van der Waals surface area contributed by atoms with E-state index >= 15 is 0 Å². The monoisotopic (exact) mass is 213 g/mol. The van der Waals surface area contributed by atoms with Crippen molar-refractivity contribution in [2.45, 2.75) is 70.9 Å². The Morgan fingerprint density at radius 1 is 1.27 bits per heavy atom. The van der Waals surface area contributed by atoms with E-state index in [2.05, 4.69) is 26.1 Å². The van der Waals surface area contributed by atoms with Crippen molar-refractivity contribution >= 4 is 0 Å². The van der Waals surface area contributed by atoms with Crippen LogP contribution in [0.25, 0.3) is 0 Å². The van der Waals surface area contributed by atoms with Crippen LogP contribution in [-0.2, 0) is 0 Å². The molecule has 0 heterocycles. The van der Waals surface area contributed by atoms with Crippen molar-refractivity contribution in [1.29, 1.82) is 0 Å². The smallest absolute Gasteiger partial charge is 0.0613 e. The third kappa shape index (κ3) is 3.46. The van der Waals surface area contributed by atoms with Gasteiger partial charge in [0.1, 0.15) is 0 Å². The Morgan fingerprint density at radius 3 is 2.40 bits per heavy atom. The second-order valence-corrected chi connectivity index (χ2v) is 5.26. The predicted octanol–water partition coefficient (Wildman–Crippen LogP) is 2.71. The average Bonchev–Trinajstić information content (AvgIpc) is 2.26. The summed E-state index contributed by atoms with van der Waals surface area (Å²) in [7, 11) is 0. The number of aliphatic hydroxyl groups excluding tert-OH is 1. The van der Waals surface area contributed by atoms with E-state index in [0.717, 1.165) is 18.8 Å². The van der Waals surface area contributed by atoms with E-state index in [1.165, 1.54) is 25.7 Å². The van der Waals surface area contributed by atoms with Gasteiger partial charge in [-0.05, 0) is 31.6 Å². The second-order valence-electron chi connectivity index (χ2n) is 5.26. The first kappa shape index (κ1) is 13.0. The van der Waals surface area contributed by atoms with Gasteiger partial charge in [0.15, 0.2) is 0 Å². The summed E-state index contributed by atoms with van der Waals surface area (Å²) in [5.41, 5.74) is -0.0261. The second kappa shape index (κ2) is 5.86. The van der Waals surface area contributed by atoms with Crippen LogP contribution in [0.1, 0.15) is 59.3 Å². The van der Waals surface area contributed by atoms with Crippen LogP contribution in [-0.4, -0.2) is 23.3 Å². The summed E-state index contributed by atoms with van der Waals surface area (Å²) < 4.78 is 0. The van der Waals surface area contributed by atoms with Crippen molar-refractivity contribution in [3.63, 3.8) is 0 Å². The summed E-state index contributed by atoms with van der Waals surface area (Å²) in [6, 6.07) is 0.626. The maximum atomic E-state index is 9.51. The van der Waals surface area contributed by atoms with Gasteiger partial charge >= 0.3 is 0 Å². The molecule has 2 N–H and O–H groups in total. The van der Waals surface area contributed by atoms with E-state index in [1.54, 1.807) is 0 Å². The van der Waals surface area contributed by atoms with Gasteiger partial charge < -0.3 is 10.4 Å². The van der Waals surface area contributed by atoms with E-state index < -0.39 is 0 Å². The number of aliphatic hydroxyl groups is 1. The maximum Gasteiger partial charge on any atom is 0.0613 e. The summed E-state index contributed by atoms with van der Waals surface area (Å²) >= 11 is 0. The largest absolute Gasteiger partial charge is 0.394 e. The number of nitrogens with one attached hydrogen (secondary N) is 1. The average molecular weight is 213 g/mol. The van der Waals surface area contributed by atoms with Crippen LogP contribution in [0.2, 0.25) is 0 Å². The molecule has 0 spiro atoms. The molecule has 2 atom stereocenters. The van der Waals surface area contributed by atoms with Gasteiger partial charge in [-0.2, -0.15) is 0 Å². The molecule has 15 heavy (non-hydrogen) atoms. The highest BCUT2D eigenvalue weighted by Gasteiger charge is 2.29. The molecule has 1 rings (SSSR count). The Bertz CT molecular complexity index is 169. The van der Waals surface area contributed by atoms with E-state index in [9.17, 15) is 5.11 Å². The van der Waals surface area contributed by atoms with E-state index in [-0.39, 0.29) is 12.1 Å². The van der Waals surface area contributed by atoms with Crippen LogP contribution in [0.5, 0.6) is 0 Å². The Balaban J connectivity index is 2.49. The fraction of sp³-hybridized carbons (Fsp3) is 1.00. The van der Waals surface area contributed by atoms with Gasteiger partial charge in [0.25, 0.3) is 0 Å². The van der Waals surface area contributed by atoms with Crippen molar-refractivity contribution < 1.29 is 5.11 Å². The van der Waals surface area contributed by atoms with Crippen LogP contribution in [0.3, 0.4) is 0 Å². The molecule has 1 aliphatic carbocycles. The van der Waals surface area contributed by atoms with Crippen molar-refractivity contribution in [2.24, 2.45) is 5.92 Å². The van der Waals surface area contributed by atoms with Gasteiger partial charge in [-0.1, -0.05) is 33.6 Å². The summed E-state index contributed by atoms with van der Waals surface area (Å²) in [6.07, 6.45) is 7.32. The first-order valence-corrected chi connectivity index (χ1v) is 6.54. The van der Waals surface area contributed by atoms with E-state index in [0.29, 0.717) is 6.04 Å². The highest BCUT2D eigenvalue weighted by Crippen LogP contribution is 2.26. The van der Waals surface area contributed by atoms with Crippen molar-refractivity contribution in [1.82, 2.24) is 5.32 Å². The number of hydrogen-bond acceptors (Lipinski definition) is 2. The lowest BCUT2D eigenvalue weighted by atomic mass is 9.84. The van der Waals surface area contributed by atoms with Crippen LogP contribution >= 0.6 is 0 Å². The van der Waals surface area contributed by atoms with Gasteiger partial charge in [-0.15, -0.1) is 0 Å². The molecule has 1 saturated carbocycles. The van der Waals surface area contributed by atoms with Gasteiger partial charge in [-0.25, -0.2) is 0 Å². The molecular formula is C13H27NO.